The molecule has 0 saturated heterocycles. The molecule has 0 fully saturated rings. The van der Waals surface area contributed by atoms with Crippen LogP contribution in [0.3, 0.4) is 0 Å². The largest absolute Gasteiger partial charge is 0.415 e. The van der Waals surface area contributed by atoms with Crippen molar-refractivity contribution in [3.05, 3.63) is 71.9 Å². The van der Waals surface area contributed by atoms with Crippen LogP contribution >= 0.6 is 0 Å². The Morgan fingerprint density at radius 1 is 1.06 bits per heavy atom. The van der Waals surface area contributed by atoms with Gasteiger partial charge < -0.3 is 10.2 Å². The molecule has 2 aromatic carbocycles. The fourth-order valence-electron chi connectivity index (χ4n) is 3.36. The number of sulfonamides is 1. The quantitative estimate of drug-likeness (QED) is 0.342. The van der Waals surface area contributed by atoms with Crippen molar-refractivity contribution in [2.75, 3.05) is 18.5 Å². The molecule has 2 aromatic heterocycles. The van der Waals surface area contributed by atoms with E-state index in [0.717, 1.165) is 17.5 Å². The van der Waals surface area contributed by atoms with Gasteiger partial charge in [-0.1, -0.05) is 17.3 Å². The van der Waals surface area contributed by atoms with Gasteiger partial charge in [0.1, 0.15) is 0 Å². The molecule has 0 aliphatic heterocycles. The molecule has 0 saturated carbocycles. The van der Waals surface area contributed by atoms with Crippen LogP contribution in [0.5, 0.6) is 0 Å². The highest BCUT2D eigenvalue weighted by atomic mass is 32.2. The summed E-state index contributed by atoms with van der Waals surface area (Å²) in [5.74, 6) is -1.07. The minimum atomic E-state index is -3.37. The third-order valence-electron chi connectivity index (χ3n) is 5.01. The van der Waals surface area contributed by atoms with E-state index in [1.807, 2.05) is 0 Å². The van der Waals surface area contributed by atoms with Crippen molar-refractivity contribution < 1.29 is 21.6 Å². The SMILES string of the molecule is CS(=O)(=O)NCCC(c1ccc(-c2nnc(C(F)F)o2)cc1)c1cn(-c2ccc(N)cc2)nn1. The molecule has 4 aromatic rings. The fraction of sp³-hybridized carbons (Fsp3) is 0.238. The molecule has 0 spiro atoms. The Morgan fingerprint density at radius 2 is 1.76 bits per heavy atom. The molecule has 2 heterocycles. The molecule has 3 N–H and O–H groups in total. The Morgan fingerprint density at radius 3 is 2.38 bits per heavy atom. The molecule has 34 heavy (non-hydrogen) atoms. The Labute approximate surface area is 193 Å². The van der Waals surface area contributed by atoms with Crippen LogP contribution in [0, 0.1) is 0 Å². The second-order valence-corrected chi connectivity index (χ2v) is 9.39. The molecule has 13 heteroatoms. The average molecular weight is 490 g/mol. The maximum absolute atomic E-state index is 12.7. The van der Waals surface area contributed by atoms with Gasteiger partial charge in [-0.3, -0.25) is 0 Å². The average Bonchev–Trinajstić information content (AvgIpc) is 3.47. The number of nitrogens with zero attached hydrogens (tertiary/aromatic N) is 5. The first-order valence-electron chi connectivity index (χ1n) is 10.1. The Bertz CT molecular complexity index is 1350. The van der Waals surface area contributed by atoms with E-state index < -0.39 is 22.3 Å². The lowest BCUT2D eigenvalue weighted by molar-refractivity contribution is 0.116. The number of nitrogens with one attached hydrogen (secondary N) is 1. The molecule has 1 atom stereocenters. The number of alkyl halides is 2. The van der Waals surface area contributed by atoms with Crippen LogP contribution in [0.25, 0.3) is 17.1 Å². The van der Waals surface area contributed by atoms with Gasteiger partial charge in [-0.15, -0.1) is 15.3 Å². The van der Waals surface area contributed by atoms with Gasteiger partial charge in [0.15, 0.2) is 0 Å². The number of aromatic nitrogens is 5. The predicted octanol–water partition coefficient (Wildman–Crippen LogP) is 2.91. The maximum atomic E-state index is 12.7. The number of nitrogens with two attached hydrogens (primary N) is 1. The summed E-state index contributed by atoms with van der Waals surface area (Å²) in [6.07, 6.45) is 0.406. The Kier molecular flexibility index (Phi) is 6.65. The van der Waals surface area contributed by atoms with Gasteiger partial charge in [0.25, 0.3) is 5.89 Å². The monoisotopic (exact) mass is 489 g/mol. The van der Waals surface area contributed by atoms with E-state index in [4.69, 9.17) is 10.2 Å². The lowest BCUT2D eigenvalue weighted by Crippen LogP contribution is -2.24. The Balaban J connectivity index is 1.61. The second-order valence-electron chi connectivity index (χ2n) is 7.56. The number of hydrogen-bond donors (Lipinski definition) is 2. The molecule has 0 aliphatic rings. The predicted molar refractivity (Wildman–Crippen MR) is 120 cm³/mol. The van der Waals surface area contributed by atoms with Gasteiger partial charge in [-0.05, 0) is 48.4 Å². The smallest absolute Gasteiger partial charge is 0.314 e. The van der Waals surface area contributed by atoms with Crippen LogP contribution in [0.15, 0.2) is 59.1 Å². The summed E-state index contributed by atoms with van der Waals surface area (Å²) in [5, 5.41) is 15.5. The lowest BCUT2D eigenvalue weighted by Gasteiger charge is -2.15. The van der Waals surface area contributed by atoms with Crippen LogP contribution in [-0.2, 0) is 10.0 Å². The number of anilines is 1. The van der Waals surface area contributed by atoms with Crippen molar-refractivity contribution >= 4 is 15.7 Å². The molecular weight excluding hydrogens is 468 g/mol. The van der Waals surface area contributed by atoms with E-state index in [1.165, 1.54) is 0 Å². The van der Waals surface area contributed by atoms with Gasteiger partial charge in [-0.2, -0.15) is 8.78 Å². The van der Waals surface area contributed by atoms with Crippen molar-refractivity contribution in [1.29, 1.82) is 0 Å². The lowest BCUT2D eigenvalue weighted by atomic mass is 9.92. The first-order chi connectivity index (χ1) is 16.2. The zero-order valence-electron chi connectivity index (χ0n) is 18.0. The standard InChI is InChI=1S/C21H21F2N7O3S/c1-34(31,32)25-11-10-17(18-12-30(29-26-18)16-8-6-15(24)7-9-16)13-2-4-14(5-3-13)20-27-28-21(33-20)19(22)23/h2-9,12,17,19,25H,10-11,24H2,1H3. The number of hydrogen-bond acceptors (Lipinski definition) is 8. The van der Waals surface area contributed by atoms with Crippen molar-refractivity contribution in [2.24, 2.45) is 0 Å². The minimum Gasteiger partial charge on any atom is -0.415 e. The highest BCUT2D eigenvalue weighted by molar-refractivity contribution is 7.88. The summed E-state index contributed by atoms with van der Waals surface area (Å²) in [5.41, 5.74) is 9.04. The second kappa shape index (κ2) is 9.65. The summed E-state index contributed by atoms with van der Waals surface area (Å²) in [7, 11) is -3.37. The fourth-order valence-corrected chi connectivity index (χ4v) is 3.85. The summed E-state index contributed by atoms with van der Waals surface area (Å²) < 4.78 is 57.6. The van der Waals surface area contributed by atoms with E-state index in [9.17, 15) is 17.2 Å². The highest BCUT2D eigenvalue weighted by Gasteiger charge is 2.21. The first-order valence-corrected chi connectivity index (χ1v) is 12.0. The summed E-state index contributed by atoms with van der Waals surface area (Å²) in [4.78, 5) is 0. The van der Waals surface area contributed by atoms with Crippen molar-refractivity contribution in [3.8, 4) is 17.1 Å². The van der Waals surface area contributed by atoms with E-state index >= 15 is 0 Å². The van der Waals surface area contributed by atoms with Gasteiger partial charge >= 0.3 is 6.43 Å². The molecule has 0 bridgehead atoms. The molecule has 0 radical (unpaired) electrons. The molecule has 4 rings (SSSR count). The number of nitrogen functional groups attached to an aromatic ring is 1. The zero-order valence-corrected chi connectivity index (χ0v) is 18.8. The van der Waals surface area contributed by atoms with Gasteiger partial charge in [0.2, 0.25) is 15.9 Å². The number of benzene rings is 2. The van der Waals surface area contributed by atoms with Crippen LogP contribution in [0.1, 0.15) is 35.9 Å². The maximum Gasteiger partial charge on any atom is 0.314 e. The third kappa shape index (κ3) is 5.61. The zero-order chi connectivity index (χ0) is 24.3. The molecule has 10 nitrogen and oxygen atoms in total. The van der Waals surface area contributed by atoms with Gasteiger partial charge in [0, 0.05) is 23.7 Å². The van der Waals surface area contributed by atoms with Crippen molar-refractivity contribution in [3.63, 3.8) is 0 Å². The summed E-state index contributed by atoms with van der Waals surface area (Å²) in [6.45, 7) is 0.182. The number of halogens is 2. The summed E-state index contributed by atoms with van der Waals surface area (Å²) in [6, 6.07) is 14.0. The highest BCUT2D eigenvalue weighted by Crippen LogP contribution is 2.30. The van der Waals surface area contributed by atoms with Gasteiger partial charge in [0.05, 0.1) is 23.8 Å². The van der Waals surface area contributed by atoms with E-state index in [1.54, 1.807) is 59.4 Å². The molecular formula is C21H21F2N7O3S. The minimum absolute atomic E-state index is 0.0218. The normalized spacial score (nSPS) is 12.8. The van der Waals surface area contributed by atoms with Crippen LogP contribution in [0.4, 0.5) is 14.5 Å². The molecule has 0 amide bonds. The van der Waals surface area contributed by atoms with E-state index in [-0.39, 0.29) is 18.4 Å². The summed E-state index contributed by atoms with van der Waals surface area (Å²) >= 11 is 0. The van der Waals surface area contributed by atoms with Gasteiger partial charge in [-0.25, -0.2) is 17.8 Å². The molecule has 0 aliphatic carbocycles. The van der Waals surface area contributed by atoms with Crippen LogP contribution < -0.4 is 10.5 Å². The topological polar surface area (TPSA) is 142 Å². The Hall–Kier alpha value is -3.71. The number of rotatable bonds is 9. The van der Waals surface area contributed by atoms with E-state index in [2.05, 4.69) is 25.2 Å². The molecule has 1 unspecified atom stereocenters. The van der Waals surface area contributed by atoms with Crippen molar-refractivity contribution in [2.45, 2.75) is 18.8 Å². The molecule has 178 valence electrons. The van der Waals surface area contributed by atoms with Crippen molar-refractivity contribution in [1.82, 2.24) is 29.9 Å². The van der Waals surface area contributed by atoms with Crippen LogP contribution in [-0.4, -0.2) is 46.4 Å². The van der Waals surface area contributed by atoms with Crippen LogP contribution in [0.2, 0.25) is 0 Å². The van der Waals surface area contributed by atoms with E-state index in [0.29, 0.717) is 23.4 Å². The first kappa shape index (κ1) is 23.4. The third-order valence-corrected chi connectivity index (χ3v) is 5.74.